The van der Waals surface area contributed by atoms with Gasteiger partial charge in [0, 0.05) is 19.9 Å². The lowest BCUT2D eigenvalue weighted by Crippen LogP contribution is -2.66. The van der Waals surface area contributed by atoms with Crippen LogP contribution in [-0.2, 0) is 54.0 Å². The number of phenols is 4. The maximum Gasteiger partial charge on any atom is 0.331 e. The van der Waals surface area contributed by atoms with Crippen LogP contribution in [0.5, 0.6) is 23.0 Å². The number of aliphatic hydroxyl groups is 3. The van der Waals surface area contributed by atoms with Gasteiger partial charge in [0.25, 0.3) is 0 Å². The van der Waals surface area contributed by atoms with Gasteiger partial charge in [0.15, 0.2) is 53.9 Å². The highest BCUT2D eigenvalue weighted by Crippen LogP contribution is 2.34. The average Bonchev–Trinajstić information content (AvgIpc) is 3.05. The van der Waals surface area contributed by atoms with E-state index in [1.54, 1.807) is 0 Å². The maximum absolute atomic E-state index is 13.1. The first-order chi connectivity index (χ1) is 23.7. The lowest BCUT2D eigenvalue weighted by molar-refractivity contribution is -0.358. The summed E-state index contributed by atoms with van der Waals surface area (Å²) in [5, 5.41) is 70.8. The van der Waals surface area contributed by atoms with Crippen LogP contribution in [0.4, 0.5) is 0 Å². The van der Waals surface area contributed by atoms with Crippen LogP contribution in [0.1, 0.15) is 31.9 Å². The van der Waals surface area contributed by atoms with Crippen molar-refractivity contribution in [2.45, 2.75) is 88.6 Å². The molecule has 4 rings (SSSR count). The molecule has 10 unspecified atom stereocenters. The van der Waals surface area contributed by atoms with E-state index in [0.29, 0.717) is 11.1 Å². The van der Waals surface area contributed by atoms with Gasteiger partial charge in [0.1, 0.15) is 24.4 Å². The van der Waals surface area contributed by atoms with Gasteiger partial charge in [-0.1, -0.05) is 12.1 Å². The number of phenolic OH excluding ortho intramolecular Hbond substituents is 4. The Balaban J connectivity index is 1.65. The Morgan fingerprint density at radius 1 is 0.760 bits per heavy atom. The van der Waals surface area contributed by atoms with E-state index < -0.39 is 91.7 Å². The van der Waals surface area contributed by atoms with Gasteiger partial charge in [-0.25, -0.2) is 4.79 Å². The molecule has 0 saturated carbocycles. The summed E-state index contributed by atoms with van der Waals surface area (Å²) < 4.78 is 39.9. The predicted molar refractivity (Wildman–Crippen MR) is 166 cm³/mol. The Morgan fingerprint density at radius 3 is 2.02 bits per heavy atom. The number of aromatic hydroxyl groups is 4. The Bertz CT molecular complexity index is 1530. The zero-order valence-electron chi connectivity index (χ0n) is 27.2. The minimum Gasteiger partial charge on any atom is -0.504 e. The van der Waals surface area contributed by atoms with E-state index in [2.05, 4.69) is 0 Å². The monoisotopic (exact) mass is 708 g/mol. The van der Waals surface area contributed by atoms with E-state index in [0.717, 1.165) is 19.9 Å². The first-order valence-corrected chi connectivity index (χ1v) is 15.5. The number of esters is 3. The van der Waals surface area contributed by atoms with Crippen LogP contribution in [0.25, 0.3) is 6.08 Å². The van der Waals surface area contributed by atoms with Crippen molar-refractivity contribution in [3.63, 3.8) is 0 Å². The zero-order valence-corrected chi connectivity index (χ0v) is 27.2. The summed E-state index contributed by atoms with van der Waals surface area (Å²) >= 11 is 0. The average molecular weight is 709 g/mol. The second-order valence-corrected chi connectivity index (χ2v) is 11.6. The molecular weight excluding hydrogens is 668 g/mol. The molecule has 2 aliphatic heterocycles. The first kappa shape index (κ1) is 38.3. The Labute approximate surface area is 285 Å². The Hall–Kier alpha value is -4.49. The van der Waals surface area contributed by atoms with Gasteiger partial charge < -0.3 is 68.9 Å². The summed E-state index contributed by atoms with van der Waals surface area (Å²) in [7, 11) is 0. The molecule has 274 valence electrons. The maximum atomic E-state index is 13.1. The van der Waals surface area contributed by atoms with Crippen LogP contribution in [0.3, 0.4) is 0 Å². The summed E-state index contributed by atoms with van der Waals surface area (Å²) in [5.74, 6) is -4.19. The zero-order chi connectivity index (χ0) is 36.7. The van der Waals surface area contributed by atoms with Crippen molar-refractivity contribution in [1.29, 1.82) is 0 Å². The predicted octanol–water partition coefficient (Wildman–Crippen LogP) is 0.126. The number of aliphatic hydroxyl groups excluding tert-OH is 3. The summed E-state index contributed by atoms with van der Waals surface area (Å²) in [4.78, 5) is 37.2. The number of rotatable bonds is 12. The van der Waals surface area contributed by atoms with Crippen LogP contribution >= 0.6 is 0 Å². The van der Waals surface area contributed by atoms with Crippen molar-refractivity contribution in [3.8, 4) is 23.0 Å². The highest BCUT2D eigenvalue weighted by Gasteiger charge is 2.54. The molecule has 10 atom stereocenters. The molecule has 17 heteroatoms. The fourth-order valence-electron chi connectivity index (χ4n) is 5.37. The molecule has 17 nitrogen and oxygen atoms in total. The van der Waals surface area contributed by atoms with Crippen LogP contribution in [0.15, 0.2) is 42.5 Å². The molecule has 2 saturated heterocycles. The van der Waals surface area contributed by atoms with E-state index in [1.165, 1.54) is 49.4 Å². The molecule has 2 aromatic carbocycles. The van der Waals surface area contributed by atoms with Crippen molar-refractivity contribution in [2.24, 2.45) is 0 Å². The second-order valence-electron chi connectivity index (χ2n) is 11.6. The molecule has 2 heterocycles. The molecule has 0 aliphatic carbocycles. The summed E-state index contributed by atoms with van der Waals surface area (Å²) in [6, 6.07) is 7.91. The second kappa shape index (κ2) is 16.9. The third kappa shape index (κ3) is 9.60. The minimum atomic E-state index is -1.81. The van der Waals surface area contributed by atoms with Crippen molar-refractivity contribution >= 4 is 24.0 Å². The highest BCUT2D eigenvalue weighted by atomic mass is 16.8. The van der Waals surface area contributed by atoms with Gasteiger partial charge in [-0.05, 0) is 54.8 Å². The van der Waals surface area contributed by atoms with Gasteiger partial charge in [0.05, 0.1) is 19.3 Å². The quantitative estimate of drug-likeness (QED) is 0.0669. The lowest BCUT2D eigenvalue weighted by Gasteiger charge is -2.47. The normalized spacial score (nSPS) is 29.7. The molecule has 7 N–H and O–H groups in total. The van der Waals surface area contributed by atoms with Crippen LogP contribution < -0.4 is 0 Å². The van der Waals surface area contributed by atoms with Crippen molar-refractivity contribution in [2.75, 3.05) is 13.2 Å². The highest BCUT2D eigenvalue weighted by molar-refractivity contribution is 5.87. The number of hydrogen-bond donors (Lipinski definition) is 7. The molecule has 2 aliphatic rings. The standard InChI is InChI=1S/C33H40O17/c1-15-26(42)29(46-16(2)35)27(43)32(45-15)50-30-28(49-25(41)9-6-18-4-7-20(37)22(39)12-18)24(14-34)48-33(31(30)47-17(3)36)44-11-10-19-5-8-21(38)23(40)13-19/h4-9,12-13,15,24,26-34,37-40,42-43H,10-11,14H2,1-3H3. The largest absolute Gasteiger partial charge is 0.504 e. The molecule has 50 heavy (non-hydrogen) atoms. The Kier molecular flexibility index (Phi) is 13.0. The van der Waals surface area contributed by atoms with E-state index in [-0.39, 0.29) is 30.3 Å². The third-order valence-corrected chi connectivity index (χ3v) is 7.82. The van der Waals surface area contributed by atoms with Gasteiger partial charge in [-0.3, -0.25) is 9.59 Å². The van der Waals surface area contributed by atoms with Crippen molar-refractivity contribution in [1.82, 2.24) is 0 Å². The smallest absolute Gasteiger partial charge is 0.331 e. The molecular formula is C33H40O17. The van der Waals surface area contributed by atoms with Gasteiger partial charge in [-0.15, -0.1) is 0 Å². The third-order valence-electron chi connectivity index (χ3n) is 7.82. The molecule has 2 aromatic rings. The topological polar surface area (TPSA) is 257 Å². The van der Waals surface area contributed by atoms with Crippen LogP contribution in [0.2, 0.25) is 0 Å². The summed E-state index contributed by atoms with van der Waals surface area (Å²) in [6.07, 6.45) is -12.7. The van der Waals surface area contributed by atoms with E-state index >= 15 is 0 Å². The molecule has 0 spiro atoms. The number of carbonyl (C=O) groups excluding carboxylic acids is 3. The van der Waals surface area contributed by atoms with Gasteiger partial charge in [-0.2, -0.15) is 0 Å². The van der Waals surface area contributed by atoms with Crippen LogP contribution in [-0.4, -0.2) is 128 Å². The molecule has 0 aromatic heterocycles. The van der Waals surface area contributed by atoms with Crippen LogP contribution in [0, 0.1) is 0 Å². The number of carbonyl (C=O) groups is 3. The molecule has 0 bridgehead atoms. The first-order valence-electron chi connectivity index (χ1n) is 15.5. The summed E-state index contributed by atoms with van der Waals surface area (Å²) in [5.41, 5.74) is 0.856. The number of hydrogen-bond acceptors (Lipinski definition) is 17. The number of ether oxygens (including phenoxy) is 7. The Morgan fingerprint density at radius 2 is 1.40 bits per heavy atom. The number of benzene rings is 2. The fourth-order valence-corrected chi connectivity index (χ4v) is 5.37. The van der Waals surface area contributed by atoms with E-state index in [9.17, 15) is 50.1 Å². The van der Waals surface area contributed by atoms with E-state index in [4.69, 9.17) is 33.2 Å². The molecule has 0 radical (unpaired) electrons. The van der Waals surface area contributed by atoms with Gasteiger partial charge in [0.2, 0.25) is 0 Å². The van der Waals surface area contributed by atoms with E-state index in [1.807, 2.05) is 0 Å². The summed E-state index contributed by atoms with van der Waals surface area (Å²) in [6.45, 7) is 2.66. The SMILES string of the molecule is CC(=O)OC1C(O)C(C)OC(OC2C(OC(=O)C=Cc3ccc(O)c(O)c3)C(CO)OC(OCCc3ccc(O)c(O)c3)C2OC(C)=O)C1O. The molecule has 2 fully saturated rings. The van der Waals surface area contributed by atoms with Crippen molar-refractivity contribution < 1.29 is 83.3 Å². The minimum absolute atomic E-state index is 0.121. The lowest BCUT2D eigenvalue weighted by atomic mass is 9.96. The van der Waals surface area contributed by atoms with Crippen molar-refractivity contribution in [3.05, 3.63) is 53.6 Å². The fraction of sp³-hybridized carbons (Fsp3) is 0.485. The molecule has 0 amide bonds. The van der Waals surface area contributed by atoms with Gasteiger partial charge >= 0.3 is 17.9 Å².